The Bertz CT molecular complexity index is 478. The molecule has 1 aromatic rings. The van der Waals surface area contributed by atoms with E-state index in [4.69, 9.17) is 5.73 Å². The van der Waals surface area contributed by atoms with Crippen LogP contribution in [0, 0.1) is 0 Å². The third-order valence-electron chi connectivity index (χ3n) is 3.44. The van der Waals surface area contributed by atoms with Gasteiger partial charge in [0.15, 0.2) is 0 Å². The van der Waals surface area contributed by atoms with Gasteiger partial charge in [0.25, 0.3) is 0 Å². The van der Waals surface area contributed by atoms with Crippen LogP contribution in [0.2, 0.25) is 0 Å². The normalized spacial score (nSPS) is 14.6. The fourth-order valence-electron chi connectivity index (χ4n) is 2.36. The van der Waals surface area contributed by atoms with Crippen molar-refractivity contribution in [2.75, 3.05) is 32.7 Å². The summed E-state index contributed by atoms with van der Waals surface area (Å²) < 4.78 is 0. The number of carbonyl (C=O) groups excluding carboxylic acids is 2. The van der Waals surface area contributed by atoms with Crippen LogP contribution in [-0.4, -0.2) is 54.5 Å². The zero-order valence-corrected chi connectivity index (χ0v) is 12.1. The third-order valence-corrected chi connectivity index (χ3v) is 3.44. The first kappa shape index (κ1) is 15.5. The lowest BCUT2D eigenvalue weighted by molar-refractivity contribution is -0.128. The molecule has 0 bridgehead atoms. The molecule has 0 atom stereocenters. The Kier molecular flexibility index (Phi) is 5.71. The smallest absolute Gasteiger partial charge is 0.324 e. The average molecular weight is 290 g/mol. The molecule has 3 amide bonds. The summed E-state index contributed by atoms with van der Waals surface area (Å²) in [5.74, 6) is -0.155. The number of carbonyl (C=O) groups is 2. The Balaban J connectivity index is 1.95. The van der Waals surface area contributed by atoms with Gasteiger partial charge in [0, 0.05) is 26.2 Å². The zero-order valence-electron chi connectivity index (χ0n) is 12.1. The van der Waals surface area contributed by atoms with Crippen LogP contribution in [0.4, 0.5) is 4.79 Å². The molecule has 6 heteroatoms. The van der Waals surface area contributed by atoms with E-state index >= 15 is 0 Å². The van der Waals surface area contributed by atoms with Gasteiger partial charge in [-0.25, -0.2) is 4.79 Å². The van der Waals surface area contributed by atoms with Crippen molar-refractivity contribution in [3.8, 4) is 0 Å². The van der Waals surface area contributed by atoms with Crippen LogP contribution in [-0.2, 0) is 11.3 Å². The summed E-state index contributed by atoms with van der Waals surface area (Å²) in [5.41, 5.74) is 6.71. The van der Waals surface area contributed by atoms with Gasteiger partial charge in [0.1, 0.15) is 0 Å². The highest BCUT2D eigenvalue weighted by Gasteiger charge is 2.27. The Hall–Kier alpha value is -1.92. The minimum absolute atomic E-state index is 0.155. The number of urea groups is 1. The summed E-state index contributed by atoms with van der Waals surface area (Å²) in [5, 5.41) is 2.64. The maximum Gasteiger partial charge on any atom is 0.324 e. The lowest BCUT2D eigenvalue weighted by atomic mass is 10.2. The highest BCUT2D eigenvalue weighted by molar-refractivity contribution is 5.96. The fourth-order valence-corrected chi connectivity index (χ4v) is 2.36. The minimum Gasteiger partial charge on any atom is -0.336 e. The summed E-state index contributed by atoms with van der Waals surface area (Å²) >= 11 is 0. The number of nitrogens with one attached hydrogen (secondary N) is 1. The van der Waals surface area contributed by atoms with Crippen molar-refractivity contribution in [1.82, 2.24) is 15.1 Å². The van der Waals surface area contributed by atoms with Crippen LogP contribution in [0.5, 0.6) is 0 Å². The van der Waals surface area contributed by atoms with Gasteiger partial charge in [-0.3, -0.25) is 14.6 Å². The fraction of sp³-hybridized carbons (Fsp3) is 0.467. The van der Waals surface area contributed by atoms with Crippen molar-refractivity contribution in [3.63, 3.8) is 0 Å². The Morgan fingerprint density at radius 2 is 2.10 bits per heavy atom. The molecular formula is C15H22N4O2. The van der Waals surface area contributed by atoms with Crippen molar-refractivity contribution in [2.45, 2.75) is 13.0 Å². The molecule has 0 radical (unpaired) electrons. The molecule has 21 heavy (non-hydrogen) atoms. The zero-order chi connectivity index (χ0) is 15.1. The van der Waals surface area contributed by atoms with Gasteiger partial charge in [-0.1, -0.05) is 30.3 Å². The van der Waals surface area contributed by atoms with E-state index < -0.39 is 0 Å². The SMILES string of the molecule is NCCCN(CC(=O)N1CCNC1=O)Cc1ccccc1. The van der Waals surface area contributed by atoms with Crippen molar-refractivity contribution in [3.05, 3.63) is 35.9 Å². The van der Waals surface area contributed by atoms with E-state index in [2.05, 4.69) is 5.32 Å². The van der Waals surface area contributed by atoms with Crippen LogP contribution in [0.3, 0.4) is 0 Å². The Morgan fingerprint density at radius 1 is 1.33 bits per heavy atom. The lowest BCUT2D eigenvalue weighted by Gasteiger charge is -2.23. The van der Waals surface area contributed by atoms with E-state index in [1.807, 2.05) is 35.2 Å². The maximum atomic E-state index is 12.2. The summed E-state index contributed by atoms with van der Waals surface area (Å²) in [6, 6.07) is 9.69. The third kappa shape index (κ3) is 4.54. The topological polar surface area (TPSA) is 78.7 Å². The van der Waals surface area contributed by atoms with E-state index in [1.165, 1.54) is 4.90 Å². The maximum absolute atomic E-state index is 12.2. The molecule has 6 nitrogen and oxygen atoms in total. The summed E-state index contributed by atoms with van der Waals surface area (Å²) in [4.78, 5) is 27.1. The average Bonchev–Trinajstić information content (AvgIpc) is 2.92. The molecule has 1 aliphatic rings. The van der Waals surface area contributed by atoms with Crippen molar-refractivity contribution in [1.29, 1.82) is 0 Å². The molecular weight excluding hydrogens is 268 g/mol. The van der Waals surface area contributed by atoms with Crippen LogP contribution in [0.1, 0.15) is 12.0 Å². The molecule has 3 N–H and O–H groups in total. The second-order valence-corrected chi connectivity index (χ2v) is 5.12. The second-order valence-electron chi connectivity index (χ2n) is 5.12. The van der Waals surface area contributed by atoms with E-state index in [9.17, 15) is 9.59 Å². The monoisotopic (exact) mass is 290 g/mol. The van der Waals surface area contributed by atoms with Gasteiger partial charge in [-0.15, -0.1) is 0 Å². The van der Waals surface area contributed by atoms with Gasteiger partial charge >= 0.3 is 6.03 Å². The van der Waals surface area contributed by atoms with Crippen LogP contribution in [0.15, 0.2) is 30.3 Å². The number of nitrogens with zero attached hydrogens (tertiary/aromatic N) is 2. The molecule has 1 fully saturated rings. The largest absolute Gasteiger partial charge is 0.336 e. The van der Waals surface area contributed by atoms with Crippen LogP contribution < -0.4 is 11.1 Å². The molecule has 1 heterocycles. The van der Waals surface area contributed by atoms with E-state index in [-0.39, 0.29) is 18.5 Å². The quantitative estimate of drug-likeness (QED) is 0.761. The minimum atomic E-state index is -0.293. The molecule has 1 aliphatic heterocycles. The number of nitrogens with two attached hydrogens (primary N) is 1. The number of hydrogen-bond donors (Lipinski definition) is 2. The predicted molar refractivity (Wildman–Crippen MR) is 80.5 cm³/mol. The standard InChI is InChI=1S/C15H22N4O2/c16-7-4-9-18(11-13-5-2-1-3-6-13)12-14(20)19-10-8-17-15(19)21/h1-3,5-6H,4,7-12,16H2,(H,17,21). The molecule has 2 rings (SSSR count). The first-order valence-corrected chi connectivity index (χ1v) is 7.25. The Labute approximate surface area is 124 Å². The predicted octanol–water partition coefficient (Wildman–Crippen LogP) is 0.389. The van der Waals surface area contributed by atoms with Crippen LogP contribution >= 0.6 is 0 Å². The molecule has 1 saturated heterocycles. The number of imide groups is 1. The summed E-state index contributed by atoms with van der Waals surface area (Å²) in [6.45, 7) is 3.24. The van der Waals surface area contributed by atoms with Crippen molar-refractivity contribution in [2.24, 2.45) is 5.73 Å². The van der Waals surface area contributed by atoms with Gasteiger partial charge < -0.3 is 11.1 Å². The molecule has 0 aromatic heterocycles. The highest BCUT2D eigenvalue weighted by Crippen LogP contribution is 2.07. The van der Waals surface area contributed by atoms with Gasteiger partial charge in [0.2, 0.25) is 5.91 Å². The van der Waals surface area contributed by atoms with Crippen molar-refractivity contribution >= 4 is 11.9 Å². The first-order chi connectivity index (χ1) is 10.2. The lowest BCUT2D eigenvalue weighted by Crippen LogP contribution is -2.42. The van der Waals surface area contributed by atoms with E-state index in [0.29, 0.717) is 26.2 Å². The van der Waals surface area contributed by atoms with Gasteiger partial charge in [-0.2, -0.15) is 0 Å². The summed E-state index contributed by atoms with van der Waals surface area (Å²) in [6.07, 6.45) is 0.826. The number of benzene rings is 1. The van der Waals surface area contributed by atoms with Gasteiger partial charge in [0.05, 0.1) is 6.54 Å². The van der Waals surface area contributed by atoms with E-state index in [0.717, 1.165) is 18.5 Å². The van der Waals surface area contributed by atoms with E-state index in [1.54, 1.807) is 0 Å². The Morgan fingerprint density at radius 3 is 2.71 bits per heavy atom. The molecule has 0 aliphatic carbocycles. The highest BCUT2D eigenvalue weighted by atomic mass is 16.2. The first-order valence-electron chi connectivity index (χ1n) is 7.25. The van der Waals surface area contributed by atoms with Crippen molar-refractivity contribution < 1.29 is 9.59 Å². The molecule has 0 spiro atoms. The number of amides is 3. The number of rotatable bonds is 7. The molecule has 114 valence electrons. The van der Waals surface area contributed by atoms with Gasteiger partial charge in [-0.05, 0) is 18.5 Å². The molecule has 1 aromatic carbocycles. The molecule has 0 saturated carbocycles. The second kappa shape index (κ2) is 7.75. The molecule has 0 unspecified atom stereocenters. The summed E-state index contributed by atoms with van der Waals surface area (Å²) in [7, 11) is 0. The van der Waals surface area contributed by atoms with Crippen LogP contribution in [0.25, 0.3) is 0 Å². The number of hydrogen-bond acceptors (Lipinski definition) is 4.